The summed E-state index contributed by atoms with van der Waals surface area (Å²) >= 11 is 0. The summed E-state index contributed by atoms with van der Waals surface area (Å²) < 4.78 is 0. The van der Waals surface area contributed by atoms with E-state index in [9.17, 15) is 0 Å². The summed E-state index contributed by atoms with van der Waals surface area (Å²) in [5.41, 5.74) is 4.98. The molecule has 0 aromatic carbocycles. The van der Waals surface area contributed by atoms with Crippen molar-refractivity contribution in [3.05, 3.63) is 34.9 Å². The van der Waals surface area contributed by atoms with Gasteiger partial charge in [0.25, 0.3) is 0 Å². The van der Waals surface area contributed by atoms with E-state index in [1.54, 1.807) is 11.1 Å². The van der Waals surface area contributed by atoms with E-state index in [4.69, 9.17) is 0 Å². The molecule has 16 heavy (non-hydrogen) atoms. The summed E-state index contributed by atoms with van der Waals surface area (Å²) in [5.74, 6) is 0.810. The van der Waals surface area contributed by atoms with Gasteiger partial charge < -0.3 is 0 Å². The monoisotopic (exact) mass is 216 g/mol. The zero-order chi connectivity index (χ0) is 11.4. The summed E-state index contributed by atoms with van der Waals surface area (Å²) in [6.45, 7) is 4.59. The maximum Gasteiger partial charge on any atom is -0.0224 e. The van der Waals surface area contributed by atoms with E-state index in [-0.39, 0.29) is 0 Å². The fourth-order valence-corrected chi connectivity index (χ4v) is 2.57. The van der Waals surface area contributed by atoms with Crippen molar-refractivity contribution in [1.29, 1.82) is 0 Å². The highest BCUT2D eigenvalue weighted by molar-refractivity contribution is 5.18. The van der Waals surface area contributed by atoms with E-state index in [0.717, 1.165) is 5.92 Å². The summed E-state index contributed by atoms with van der Waals surface area (Å²) in [6, 6.07) is 0. The highest BCUT2D eigenvalue weighted by atomic mass is 14.2. The Morgan fingerprint density at radius 1 is 1.31 bits per heavy atom. The predicted octanol–water partition coefficient (Wildman–Crippen LogP) is 5.18. The average molecular weight is 216 g/mol. The number of hydrogen-bond acceptors (Lipinski definition) is 0. The molecule has 0 nitrogen and oxygen atoms in total. The fourth-order valence-electron chi connectivity index (χ4n) is 2.57. The third kappa shape index (κ3) is 3.10. The molecule has 88 valence electrons. The maximum absolute atomic E-state index is 2.41. The van der Waals surface area contributed by atoms with Crippen molar-refractivity contribution in [2.24, 2.45) is 5.92 Å². The minimum absolute atomic E-state index is 0.810. The van der Waals surface area contributed by atoms with Gasteiger partial charge in [0.15, 0.2) is 0 Å². The smallest absolute Gasteiger partial charge is 0.0224 e. The Morgan fingerprint density at radius 3 is 2.81 bits per heavy atom. The van der Waals surface area contributed by atoms with E-state index in [1.807, 2.05) is 0 Å². The lowest BCUT2D eigenvalue weighted by Crippen LogP contribution is -2.02. The van der Waals surface area contributed by atoms with Crippen LogP contribution in [0.25, 0.3) is 0 Å². The minimum atomic E-state index is 0.810. The summed E-state index contributed by atoms with van der Waals surface area (Å²) in [4.78, 5) is 0. The average Bonchev–Trinajstić information content (AvgIpc) is 2.37. The molecule has 2 rings (SSSR count). The topological polar surface area (TPSA) is 0 Å². The van der Waals surface area contributed by atoms with Crippen molar-refractivity contribution in [2.75, 3.05) is 0 Å². The largest absolute Gasteiger partial charge is 0.0814 e. The molecule has 0 bridgehead atoms. The maximum atomic E-state index is 2.41. The molecule has 0 heteroatoms. The Morgan fingerprint density at radius 2 is 2.12 bits per heavy atom. The van der Waals surface area contributed by atoms with Crippen LogP contribution in [0.4, 0.5) is 0 Å². The molecule has 2 aliphatic carbocycles. The second-order valence-electron chi connectivity index (χ2n) is 5.47. The van der Waals surface area contributed by atoms with Crippen LogP contribution in [0.2, 0.25) is 0 Å². The first-order chi connectivity index (χ1) is 7.75. The van der Waals surface area contributed by atoms with Crippen molar-refractivity contribution in [1.82, 2.24) is 0 Å². The molecule has 0 radical (unpaired) electrons. The molecule has 0 heterocycles. The van der Waals surface area contributed by atoms with Crippen molar-refractivity contribution in [3.63, 3.8) is 0 Å². The van der Waals surface area contributed by atoms with Crippen LogP contribution in [0.15, 0.2) is 34.9 Å². The third-order valence-electron chi connectivity index (χ3n) is 4.12. The van der Waals surface area contributed by atoms with Gasteiger partial charge in [0.1, 0.15) is 0 Å². The van der Waals surface area contributed by atoms with Crippen molar-refractivity contribution < 1.29 is 0 Å². The predicted molar refractivity (Wildman–Crippen MR) is 71.4 cm³/mol. The first kappa shape index (κ1) is 11.7. The van der Waals surface area contributed by atoms with Gasteiger partial charge in [-0.25, -0.2) is 0 Å². The Hall–Kier alpha value is -0.780. The SMILES string of the molecule is CC1=CC=CC(CCC(C)=C2CCC2)CC1. The van der Waals surface area contributed by atoms with Crippen LogP contribution in [0.1, 0.15) is 58.8 Å². The quantitative estimate of drug-likeness (QED) is 0.570. The van der Waals surface area contributed by atoms with Crippen LogP contribution < -0.4 is 0 Å². The molecule has 1 unspecified atom stereocenters. The van der Waals surface area contributed by atoms with Crippen molar-refractivity contribution in [2.45, 2.75) is 58.8 Å². The Bertz CT molecular complexity index is 322. The highest BCUT2D eigenvalue weighted by Crippen LogP contribution is 2.32. The van der Waals surface area contributed by atoms with Crippen molar-refractivity contribution in [3.8, 4) is 0 Å². The first-order valence-electron chi connectivity index (χ1n) is 6.77. The van der Waals surface area contributed by atoms with Gasteiger partial charge in [-0.3, -0.25) is 0 Å². The molecule has 2 aliphatic rings. The zero-order valence-corrected chi connectivity index (χ0v) is 10.8. The molecule has 0 aromatic rings. The molecule has 0 aliphatic heterocycles. The van der Waals surface area contributed by atoms with E-state index in [2.05, 4.69) is 32.1 Å². The van der Waals surface area contributed by atoms with Crippen LogP contribution in [-0.4, -0.2) is 0 Å². The molecule has 0 saturated heterocycles. The van der Waals surface area contributed by atoms with Crippen LogP contribution >= 0.6 is 0 Å². The molecule has 0 aromatic heterocycles. The van der Waals surface area contributed by atoms with Crippen LogP contribution in [0.3, 0.4) is 0 Å². The summed E-state index contributed by atoms with van der Waals surface area (Å²) in [5, 5.41) is 0. The van der Waals surface area contributed by atoms with Gasteiger partial charge in [0.2, 0.25) is 0 Å². The lowest BCUT2D eigenvalue weighted by Gasteiger charge is -2.21. The molecule has 0 spiro atoms. The molecular formula is C16H24. The van der Waals surface area contributed by atoms with Gasteiger partial charge in [-0.2, -0.15) is 0 Å². The van der Waals surface area contributed by atoms with Gasteiger partial charge in [-0.15, -0.1) is 0 Å². The van der Waals surface area contributed by atoms with Crippen LogP contribution in [0.5, 0.6) is 0 Å². The lowest BCUT2D eigenvalue weighted by molar-refractivity contribution is 0.537. The van der Waals surface area contributed by atoms with Gasteiger partial charge in [-0.05, 0) is 64.7 Å². The first-order valence-corrected chi connectivity index (χ1v) is 6.77. The molecule has 1 atom stereocenters. The molecule has 1 fully saturated rings. The van der Waals surface area contributed by atoms with Crippen LogP contribution in [0, 0.1) is 5.92 Å². The van der Waals surface area contributed by atoms with E-state index in [1.165, 1.54) is 50.5 Å². The molecule has 0 N–H and O–H groups in total. The van der Waals surface area contributed by atoms with Gasteiger partial charge in [0.05, 0.1) is 0 Å². The summed E-state index contributed by atoms with van der Waals surface area (Å²) in [6.07, 6.45) is 16.5. The van der Waals surface area contributed by atoms with Gasteiger partial charge >= 0.3 is 0 Å². The van der Waals surface area contributed by atoms with Crippen LogP contribution in [-0.2, 0) is 0 Å². The fraction of sp³-hybridized carbons (Fsp3) is 0.625. The van der Waals surface area contributed by atoms with Crippen molar-refractivity contribution >= 4 is 0 Å². The second kappa shape index (κ2) is 5.52. The Labute approximate surface area is 100 Å². The zero-order valence-electron chi connectivity index (χ0n) is 10.8. The standard InChI is InChI=1S/C16H24/c1-13-5-3-6-15(11-9-13)12-10-14(2)16-7-4-8-16/h3,5-6,15H,4,7-12H2,1-2H3. The number of hydrogen-bond donors (Lipinski definition) is 0. The lowest BCUT2D eigenvalue weighted by atomic mass is 9.85. The normalized spacial score (nSPS) is 24.8. The third-order valence-corrected chi connectivity index (χ3v) is 4.12. The molecule has 1 saturated carbocycles. The van der Waals surface area contributed by atoms with E-state index >= 15 is 0 Å². The summed E-state index contributed by atoms with van der Waals surface area (Å²) in [7, 11) is 0. The Balaban J connectivity index is 1.78. The number of rotatable bonds is 3. The second-order valence-corrected chi connectivity index (χ2v) is 5.47. The Kier molecular flexibility index (Phi) is 4.04. The van der Waals surface area contributed by atoms with Gasteiger partial charge in [0, 0.05) is 0 Å². The van der Waals surface area contributed by atoms with Gasteiger partial charge in [-0.1, -0.05) is 34.9 Å². The van der Waals surface area contributed by atoms with E-state index < -0.39 is 0 Å². The van der Waals surface area contributed by atoms with E-state index in [0.29, 0.717) is 0 Å². The highest BCUT2D eigenvalue weighted by Gasteiger charge is 2.13. The molecule has 0 amide bonds. The molecular weight excluding hydrogens is 192 g/mol. The minimum Gasteiger partial charge on any atom is -0.0814 e. The number of allylic oxidation sites excluding steroid dienone is 6.